The quantitative estimate of drug-likeness (QED) is 0.330. The number of rotatable bonds is 5. The molecule has 2 heterocycles. The number of halogens is 4. The van der Waals surface area contributed by atoms with Crippen LogP contribution in [0.25, 0.3) is 0 Å². The van der Waals surface area contributed by atoms with E-state index < -0.39 is 33.0 Å². The molecule has 2 fully saturated rings. The Labute approximate surface area is 239 Å². The first-order valence-corrected chi connectivity index (χ1v) is 16.0. The lowest BCUT2D eigenvalue weighted by Crippen LogP contribution is -2.50. The van der Waals surface area contributed by atoms with Crippen LogP contribution in [0.2, 0.25) is 10.0 Å². The number of thioether (sulfide) groups is 1. The van der Waals surface area contributed by atoms with Crippen LogP contribution in [0, 0.1) is 17.6 Å². The number of carbonyl (C=O) groups is 1. The largest absolute Gasteiger partial charge is 0.319 e. The number of amides is 1. The SMILES string of the molecule is O=C(Nc1cc(Cl)ccc1F)c1ccc2c(c1Cl)C1(CCSCC1)C(C1CC1)N2S(=O)(=O)c1ccc(F)cc1. The number of fused-ring (bicyclic) bond motifs is 2. The number of nitrogens with zero attached hydrogens (tertiary/aromatic N) is 1. The minimum atomic E-state index is -4.07. The summed E-state index contributed by atoms with van der Waals surface area (Å²) in [6, 6.07) is 11.4. The fourth-order valence-corrected chi connectivity index (χ4v) is 9.66. The molecule has 0 aromatic heterocycles. The molecule has 0 radical (unpaired) electrons. The monoisotopic (exact) mass is 608 g/mol. The molecule has 1 amide bonds. The molecule has 5 nitrogen and oxygen atoms in total. The zero-order chi connectivity index (χ0) is 27.5. The van der Waals surface area contributed by atoms with Crippen LogP contribution in [0.4, 0.5) is 20.2 Å². The zero-order valence-corrected chi connectivity index (χ0v) is 23.7. The van der Waals surface area contributed by atoms with E-state index in [9.17, 15) is 22.0 Å². The van der Waals surface area contributed by atoms with Crippen LogP contribution in [0.5, 0.6) is 0 Å². The molecule has 3 aliphatic rings. The summed E-state index contributed by atoms with van der Waals surface area (Å²) < 4.78 is 57.8. The summed E-state index contributed by atoms with van der Waals surface area (Å²) in [7, 11) is -4.07. The van der Waals surface area contributed by atoms with Gasteiger partial charge >= 0.3 is 0 Å². The second-order valence-corrected chi connectivity index (χ2v) is 14.1. The summed E-state index contributed by atoms with van der Waals surface area (Å²) in [5.41, 5.74) is 0.556. The van der Waals surface area contributed by atoms with Crippen LogP contribution in [-0.2, 0) is 15.4 Å². The van der Waals surface area contributed by atoms with Crippen molar-refractivity contribution in [2.24, 2.45) is 5.92 Å². The lowest BCUT2D eigenvalue weighted by atomic mass is 9.70. The predicted molar refractivity (Wildman–Crippen MR) is 152 cm³/mol. The van der Waals surface area contributed by atoms with Gasteiger partial charge in [0.05, 0.1) is 32.9 Å². The first-order chi connectivity index (χ1) is 18.6. The van der Waals surface area contributed by atoms with Gasteiger partial charge in [-0.3, -0.25) is 9.10 Å². The number of benzene rings is 3. The summed E-state index contributed by atoms with van der Waals surface area (Å²) in [4.78, 5) is 13.3. The van der Waals surface area contributed by atoms with Crippen LogP contribution in [-0.4, -0.2) is 31.9 Å². The van der Waals surface area contributed by atoms with E-state index in [1.807, 2.05) is 0 Å². The van der Waals surface area contributed by atoms with Crippen LogP contribution in [0.15, 0.2) is 59.5 Å². The number of carbonyl (C=O) groups excluding carboxylic acids is 1. The molecule has 1 aliphatic carbocycles. The van der Waals surface area contributed by atoms with Crippen molar-refractivity contribution in [1.29, 1.82) is 0 Å². The van der Waals surface area contributed by atoms with Gasteiger partial charge in [-0.05, 0) is 97.7 Å². The van der Waals surface area contributed by atoms with E-state index >= 15 is 0 Å². The maximum Gasteiger partial charge on any atom is 0.264 e. The molecule has 0 bridgehead atoms. The van der Waals surface area contributed by atoms with Gasteiger partial charge in [-0.15, -0.1) is 0 Å². The lowest BCUT2D eigenvalue weighted by molar-refractivity contribution is 0.102. The van der Waals surface area contributed by atoms with Crippen molar-refractivity contribution in [3.63, 3.8) is 0 Å². The molecule has 1 atom stereocenters. The molecular formula is C28H24Cl2F2N2O3S2. The third-order valence-corrected chi connectivity index (χ3v) is 11.3. The highest BCUT2D eigenvalue weighted by molar-refractivity contribution is 7.99. The van der Waals surface area contributed by atoms with Gasteiger partial charge in [-0.25, -0.2) is 17.2 Å². The van der Waals surface area contributed by atoms with Gasteiger partial charge in [0.2, 0.25) is 0 Å². The Morgan fingerprint density at radius 1 is 1.00 bits per heavy atom. The molecule has 1 saturated heterocycles. The van der Waals surface area contributed by atoms with Gasteiger partial charge in [-0.1, -0.05) is 23.2 Å². The van der Waals surface area contributed by atoms with Crippen molar-refractivity contribution >= 4 is 62.3 Å². The average Bonchev–Trinajstić information content (AvgIpc) is 3.70. The second-order valence-electron chi connectivity index (χ2n) is 10.2. The summed E-state index contributed by atoms with van der Waals surface area (Å²) in [5, 5.41) is 2.99. The van der Waals surface area contributed by atoms with Crippen molar-refractivity contribution in [2.75, 3.05) is 21.1 Å². The smallest absolute Gasteiger partial charge is 0.264 e. The highest BCUT2D eigenvalue weighted by atomic mass is 35.5. The molecule has 1 saturated carbocycles. The minimum absolute atomic E-state index is 0.00268. The number of anilines is 2. The fourth-order valence-electron chi connectivity index (χ4n) is 6.04. The van der Waals surface area contributed by atoms with E-state index in [0.717, 1.165) is 42.5 Å². The van der Waals surface area contributed by atoms with E-state index in [4.69, 9.17) is 23.2 Å². The van der Waals surface area contributed by atoms with Crippen LogP contribution >= 0.6 is 35.0 Å². The summed E-state index contributed by atoms with van der Waals surface area (Å²) in [5.74, 6) is 0.0132. The zero-order valence-electron chi connectivity index (χ0n) is 20.6. The van der Waals surface area contributed by atoms with Gasteiger partial charge in [0.1, 0.15) is 11.6 Å². The first-order valence-electron chi connectivity index (χ1n) is 12.6. The fraction of sp³-hybridized carbons (Fsp3) is 0.321. The number of sulfonamides is 1. The Morgan fingerprint density at radius 3 is 2.36 bits per heavy atom. The third-order valence-electron chi connectivity index (χ3n) is 7.92. The Kier molecular flexibility index (Phi) is 6.85. The van der Waals surface area contributed by atoms with E-state index in [-0.39, 0.29) is 38.2 Å². The van der Waals surface area contributed by atoms with E-state index in [1.165, 1.54) is 34.6 Å². The number of hydrogen-bond donors (Lipinski definition) is 1. The third kappa shape index (κ3) is 4.51. The molecule has 1 spiro atoms. The van der Waals surface area contributed by atoms with Gasteiger partial charge in [0, 0.05) is 16.0 Å². The Morgan fingerprint density at radius 2 is 1.69 bits per heavy atom. The van der Waals surface area contributed by atoms with Crippen LogP contribution in [0.3, 0.4) is 0 Å². The Bertz CT molecular complexity index is 1570. The molecule has 6 rings (SSSR count). The Hall–Kier alpha value is -2.33. The van der Waals surface area contributed by atoms with Crippen LogP contribution < -0.4 is 9.62 Å². The van der Waals surface area contributed by atoms with Gasteiger partial charge in [0.15, 0.2) is 0 Å². The maximum absolute atomic E-state index is 14.4. The summed E-state index contributed by atoms with van der Waals surface area (Å²) in [6.07, 6.45) is 3.19. The minimum Gasteiger partial charge on any atom is -0.319 e. The summed E-state index contributed by atoms with van der Waals surface area (Å²) >= 11 is 14.8. The molecular weight excluding hydrogens is 585 g/mol. The number of hydrogen-bond acceptors (Lipinski definition) is 4. The van der Waals surface area contributed by atoms with Crippen molar-refractivity contribution in [2.45, 2.75) is 42.0 Å². The van der Waals surface area contributed by atoms with Crippen molar-refractivity contribution < 1.29 is 22.0 Å². The van der Waals surface area contributed by atoms with Crippen molar-refractivity contribution in [3.8, 4) is 0 Å². The summed E-state index contributed by atoms with van der Waals surface area (Å²) in [6.45, 7) is 0. The van der Waals surface area contributed by atoms with Crippen molar-refractivity contribution in [1.82, 2.24) is 0 Å². The van der Waals surface area contributed by atoms with E-state index in [2.05, 4.69) is 5.32 Å². The second kappa shape index (κ2) is 9.94. The van der Waals surface area contributed by atoms with E-state index in [1.54, 1.807) is 17.8 Å². The molecule has 39 heavy (non-hydrogen) atoms. The molecule has 11 heteroatoms. The normalized spacial score (nSPS) is 20.2. The maximum atomic E-state index is 14.4. The molecule has 3 aromatic rings. The van der Waals surface area contributed by atoms with Gasteiger partial charge in [-0.2, -0.15) is 11.8 Å². The topological polar surface area (TPSA) is 66.5 Å². The van der Waals surface area contributed by atoms with Crippen molar-refractivity contribution in [3.05, 3.63) is 87.4 Å². The molecule has 3 aromatic carbocycles. The highest BCUT2D eigenvalue weighted by Gasteiger charge is 2.60. The standard InChI is InChI=1S/C28H24Cl2F2N2O3S2/c29-17-3-9-21(32)22(15-17)33-27(35)20-8-10-23-24(25(20)30)28(11-13-38-14-12-28)26(16-1-2-16)34(23)39(36,37)19-6-4-18(31)5-7-19/h3-10,15-16,26H,1-2,11-14H2,(H,33,35). The lowest BCUT2D eigenvalue weighted by Gasteiger charge is -2.42. The molecule has 1 unspecified atom stereocenters. The molecule has 2 aliphatic heterocycles. The average molecular weight is 610 g/mol. The van der Waals surface area contributed by atoms with Gasteiger partial charge < -0.3 is 5.32 Å². The Balaban J connectivity index is 1.50. The molecule has 1 N–H and O–H groups in total. The van der Waals surface area contributed by atoms with Crippen LogP contribution in [0.1, 0.15) is 41.6 Å². The predicted octanol–water partition coefficient (Wildman–Crippen LogP) is 7.28. The molecule has 204 valence electrons. The van der Waals surface area contributed by atoms with Gasteiger partial charge in [0.25, 0.3) is 15.9 Å². The number of nitrogens with one attached hydrogen (secondary N) is 1. The highest BCUT2D eigenvalue weighted by Crippen LogP contribution is 2.61. The van der Waals surface area contributed by atoms with E-state index in [0.29, 0.717) is 24.1 Å². The first kappa shape index (κ1) is 26.9.